The van der Waals surface area contributed by atoms with Crippen LogP contribution in [-0.2, 0) is 0 Å². The molecule has 1 atom stereocenters. The molecule has 1 amide bonds. The summed E-state index contributed by atoms with van der Waals surface area (Å²) >= 11 is 1.50. The molecule has 1 fully saturated rings. The van der Waals surface area contributed by atoms with Gasteiger partial charge in [-0.3, -0.25) is 4.79 Å². The zero-order valence-corrected chi connectivity index (χ0v) is 14.1. The Morgan fingerprint density at radius 1 is 1.21 bits per heavy atom. The Balaban J connectivity index is 1.64. The van der Waals surface area contributed by atoms with Gasteiger partial charge < -0.3 is 10.6 Å². The molecule has 2 aromatic heterocycles. The monoisotopic (exact) mass is 338 g/mol. The average molecular weight is 338 g/mol. The lowest BCUT2D eigenvalue weighted by molar-refractivity contribution is 0.0948. The summed E-state index contributed by atoms with van der Waals surface area (Å²) in [7, 11) is 0. The summed E-state index contributed by atoms with van der Waals surface area (Å²) in [6.07, 6.45) is 2.11. The highest BCUT2D eigenvalue weighted by molar-refractivity contribution is 7.17. The lowest BCUT2D eigenvalue weighted by Gasteiger charge is -2.15. The molecule has 6 heteroatoms. The summed E-state index contributed by atoms with van der Waals surface area (Å²) in [6, 6.07) is 12.4. The van der Waals surface area contributed by atoms with E-state index < -0.39 is 0 Å². The van der Waals surface area contributed by atoms with Crippen LogP contribution >= 0.6 is 11.3 Å². The standard InChI is InChI=1S/C18H18N4OS/c1-11(12-5-3-2-4-6-12)19-18-21-14-9-10-24-16(14)15(22-18)17(23)20-13-7-8-13/h2-6,9-11,13H,7-8H2,1H3,(H,20,23)(H,19,21,22). The molecule has 2 N–H and O–H groups in total. The second-order valence-electron chi connectivity index (χ2n) is 6.06. The third kappa shape index (κ3) is 3.10. The number of carbonyl (C=O) groups excluding carboxylic acids is 1. The van der Waals surface area contributed by atoms with Crippen molar-refractivity contribution in [2.75, 3.05) is 5.32 Å². The van der Waals surface area contributed by atoms with E-state index in [0.29, 0.717) is 17.7 Å². The molecule has 0 saturated heterocycles. The van der Waals surface area contributed by atoms with Crippen molar-refractivity contribution in [3.8, 4) is 0 Å². The van der Waals surface area contributed by atoms with Crippen LogP contribution in [0.25, 0.3) is 10.2 Å². The van der Waals surface area contributed by atoms with Gasteiger partial charge in [0.1, 0.15) is 0 Å². The Labute approximate surface area is 144 Å². The molecule has 24 heavy (non-hydrogen) atoms. The second-order valence-corrected chi connectivity index (χ2v) is 6.97. The first-order valence-corrected chi connectivity index (χ1v) is 8.96. The van der Waals surface area contributed by atoms with Gasteiger partial charge in [0.15, 0.2) is 5.69 Å². The van der Waals surface area contributed by atoms with Crippen LogP contribution < -0.4 is 10.6 Å². The number of amides is 1. The van der Waals surface area contributed by atoms with Crippen LogP contribution in [0.15, 0.2) is 41.8 Å². The first-order valence-electron chi connectivity index (χ1n) is 8.08. The van der Waals surface area contributed by atoms with Gasteiger partial charge in [0.05, 0.1) is 16.3 Å². The van der Waals surface area contributed by atoms with Crippen molar-refractivity contribution >= 4 is 33.4 Å². The first-order chi connectivity index (χ1) is 11.7. The van der Waals surface area contributed by atoms with E-state index >= 15 is 0 Å². The number of rotatable bonds is 5. The molecule has 1 aromatic carbocycles. The maximum absolute atomic E-state index is 12.5. The topological polar surface area (TPSA) is 66.9 Å². The molecule has 122 valence electrons. The molecule has 5 nitrogen and oxygen atoms in total. The summed E-state index contributed by atoms with van der Waals surface area (Å²) in [5.74, 6) is 0.376. The van der Waals surface area contributed by atoms with Gasteiger partial charge >= 0.3 is 0 Å². The summed E-state index contributed by atoms with van der Waals surface area (Å²) < 4.78 is 0.839. The van der Waals surface area contributed by atoms with Gasteiger partial charge in [0.2, 0.25) is 5.95 Å². The Kier molecular flexibility index (Phi) is 3.90. The molecule has 3 aromatic rings. The van der Waals surface area contributed by atoms with Crippen LogP contribution in [0.5, 0.6) is 0 Å². The highest BCUT2D eigenvalue weighted by Crippen LogP contribution is 2.26. The molecule has 0 radical (unpaired) electrons. The average Bonchev–Trinajstić information content (AvgIpc) is 3.28. The zero-order valence-electron chi connectivity index (χ0n) is 13.3. The van der Waals surface area contributed by atoms with E-state index in [9.17, 15) is 4.79 Å². The van der Waals surface area contributed by atoms with Gasteiger partial charge in [0, 0.05) is 6.04 Å². The van der Waals surface area contributed by atoms with E-state index in [-0.39, 0.29) is 11.9 Å². The summed E-state index contributed by atoms with van der Waals surface area (Å²) in [5.41, 5.74) is 2.42. The van der Waals surface area contributed by atoms with E-state index in [0.717, 1.165) is 28.6 Å². The van der Waals surface area contributed by atoms with Crippen molar-refractivity contribution in [1.82, 2.24) is 15.3 Å². The van der Waals surface area contributed by atoms with Gasteiger partial charge in [-0.05, 0) is 36.8 Å². The third-order valence-electron chi connectivity index (χ3n) is 4.08. The largest absolute Gasteiger partial charge is 0.348 e. The molecule has 2 heterocycles. The molecule has 1 unspecified atom stereocenters. The van der Waals surface area contributed by atoms with Crippen molar-refractivity contribution < 1.29 is 4.79 Å². The minimum atomic E-state index is -0.109. The summed E-state index contributed by atoms with van der Waals surface area (Å²) in [4.78, 5) is 21.5. The van der Waals surface area contributed by atoms with Gasteiger partial charge in [0.25, 0.3) is 5.91 Å². The molecule has 1 saturated carbocycles. The Bertz CT molecular complexity index is 873. The normalized spacial score (nSPS) is 15.2. The number of thiophene rings is 1. The Morgan fingerprint density at radius 3 is 2.75 bits per heavy atom. The number of fused-ring (bicyclic) bond motifs is 1. The van der Waals surface area contributed by atoms with Crippen LogP contribution in [0.3, 0.4) is 0 Å². The third-order valence-corrected chi connectivity index (χ3v) is 4.99. The van der Waals surface area contributed by atoms with Gasteiger partial charge in [-0.2, -0.15) is 0 Å². The van der Waals surface area contributed by atoms with Crippen LogP contribution in [0.2, 0.25) is 0 Å². The fourth-order valence-corrected chi connectivity index (χ4v) is 3.40. The molecule has 0 spiro atoms. The number of hydrogen-bond donors (Lipinski definition) is 2. The number of aromatic nitrogens is 2. The van der Waals surface area contributed by atoms with E-state index in [1.165, 1.54) is 11.3 Å². The predicted molar refractivity (Wildman–Crippen MR) is 96.4 cm³/mol. The van der Waals surface area contributed by atoms with E-state index in [1.54, 1.807) is 0 Å². The summed E-state index contributed by atoms with van der Waals surface area (Å²) in [6.45, 7) is 2.06. The number of carbonyl (C=O) groups is 1. The number of benzene rings is 1. The van der Waals surface area contributed by atoms with Crippen molar-refractivity contribution in [1.29, 1.82) is 0 Å². The fraction of sp³-hybridized carbons (Fsp3) is 0.278. The van der Waals surface area contributed by atoms with Crippen molar-refractivity contribution in [3.63, 3.8) is 0 Å². The lowest BCUT2D eigenvalue weighted by atomic mass is 10.1. The van der Waals surface area contributed by atoms with Crippen LogP contribution in [-0.4, -0.2) is 21.9 Å². The van der Waals surface area contributed by atoms with Crippen LogP contribution in [0.4, 0.5) is 5.95 Å². The van der Waals surface area contributed by atoms with E-state index in [1.807, 2.05) is 29.6 Å². The van der Waals surface area contributed by atoms with Crippen molar-refractivity contribution in [3.05, 3.63) is 53.0 Å². The highest BCUT2D eigenvalue weighted by atomic mass is 32.1. The number of anilines is 1. The smallest absolute Gasteiger partial charge is 0.271 e. The predicted octanol–water partition coefficient (Wildman–Crippen LogP) is 3.76. The lowest BCUT2D eigenvalue weighted by Crippen LogP contribution is -2.27. The maximum Gasteiger partial charge on any atom is 0.271 e. The minimum Gasteiger partial charge on any atom is -0.348 e. The van der Waals surface area contributed by atoms with E-state index in [4.69, 9.17) is 0 Å². The van der Waals surface area contributed by atoms with Gasteiger partial charge in [-0.15, -0.1) is 11.3 Å². The number of hydrogen-bond acceptors (Lipinski definition) is 5. The molecule has 0 bridgehead atoms. The molecule has 4 rings (SSSR count). The minimum absolute atomic E-state index is 0.0571. The number of nitrogens with one attached hydrogen (secondary N) is 2. The fourth-order valence-electron chi connectivity index (χ4n) is 2.58. The first kappa shape index (κ1) is 15.1. The molecule has 0 aliphatic heterocycles. The molecular formula is C18H18N4OS. The quantitative estimate of drug-likeness (QED) is 0.743. The number of nitrogens with zero attached hydrogens (tertiary/aromatic N) is 2. The Hall–Kier alpha value is -2.47. The van der Waals surface area contributed by atoms with Gasteiger partial charge in [-0.1, -0.05) is 30.3 Å². The van der Waals surface area contributed by atoms with Crippen molar-refractivity contribution in [2.24, 2.45) is 0 Å². The van der Waals surface area contributed by atoms with Crippen LogP contribution in [0.1, 0.15) is 41.9 Å². The Morgan fingerprint density at radius 2 is 2.00 bits per heavy atom. The molecule has 1 aliphatic carbocycles. The summed E-state index contributed by atoms with van der Waals surface area (Å²) in [5, 5.41) is 8.26. The molecule has 1 aliphatic rings. The second kappa shape index (κ2) is 6.20. The molecular weight excluding hydrogens is 320 g/mol. The highest BCUT2D eigenvalue weighted by Gasteiger charge is 2.26. The van der Waals surface area contributed by atoms with Gasteiger partial charge in [-0.25, -0.2) is 9.97 Å². The zero-order chi connectivity index (χ0) is 16.5. The van der Waals surface area contributed by atoms with E-state index in [2.05, 4.69) is 39.7 Å². The van der Waals surface area contributed by atoms with Crippen LogP contribution in [0, 0.1) is 0 Å². The maximum atomic E-state index is 12.5. The SMILES string of the molecule is CC(Nc1nc(C(=O)NC2CC2)c2sccc2n1)c1ccccc1. The van der Waals surface area contributed by atoms with Crippen molar-refractivity contribution in [2.45, 2.75) is 31.8 Å².